The second-order valence-electron chi connectivity index (χ2n) is 4.89. The normalized spacial score (nSPS) is 15.9. The number of hydrogen-bond acceptors (Lipinski definition) is 4. The number of amides is 1. The first-order valence-electron chi connectivity index (χ1n) is 6.54. The summed E-state index contributed by atoms with van der Waals surface area (Å²) < 4.78 is 0. The Bertz CT molecular complexity index is 549. The Hall–Kier alpha value is -1.53. The molecule has 6 nitrogen and oxygen atoms in total. The molecule has 21 heavy (non-hydrogen) atoms. The minimum absolute atomic E-state index is 0.0122. The summed E-state index contributed by atoms with van der Waals surface area (Å²) in [7, 11) is 1.62. The highest BCUT2D eigenvalue weighted by molar-refractivity contribution is 6.39. The second-order valence-corrected chi connectivity index (χ2v) is 5.71. The molecule has 0 aliphatic carbocycles. The minimum atomic E-state index is -0.528. The van der Waals surface area contributed by atoms with Crippen molar-refractivity contribution in [3.8, 4) is 0 Å². The molecule has 1 aliphatic heterocycles. The highest BCUT2D eigenvalue weighted by atomic mass is 35.5. The van der Waals surface area contributed by atoms with Gasteiger partial charge in [0.25, 0.3) is 5.69 Å². The predicted octanol–water partition coefficient (Wildman–Crippen LogP) is 2.86. The zero-order valence-electron chi connectivity index (χ0n) is 11.4. The van der Waals surface area contributed by atoms with Crippen molar-refractivity contribution >= 4 is 40.5 Å². The Balaban J connectivity index is 2.17. The van der Waals surface area contributed by atoms with Gasteiger partial charge in [0.05, 0.1) is 20.7 Å². The van der Waals surface area contributed by atoms with Crippen LogP contribution < -0.4 is 10.2 Å². The third kappa shape index (κ3) is 3.39. The van der Waals surface area contributed by atoms with E-state index >= 15 is 0 Å². The lowest BCUT2D eigenvalue weighted by molar-refractivity contribution is -0.384. The molecule has 0 saturated carbocycles. The fraction of sp³-hybridized carbons (Fsp3) is 0.462. The van der Waals surface area contributed by atoms with E-state index in [1.807, 2.05) is 4.90 Å². The lowest BCUT2D eigenvalue weighted by atomic mass is 9.95. The zero-order chi connectivity index (χ0) is 15.6. The molecule has 114 valence electrons. The number of rotatable bonds is 3. The molecular formula is C13H15Cl2N3O3. The van der Waals surface area contributed by atoms with Crippen LogP contribution in [0.1, 0.15) is 12.8 Å². The van der Waals surface area contributed by atoms with E-state index < -0.39 is 4.92 Å². The van der Waals surface area contributed by atoms with Crippen LogP contribution in [-0.4, -0.2) is 31.0 Å². The largest absolute Gasteiger partial charge is 0.369 e. The lowest BCUT2D eigenvalue weighted by Gasteiger charge is -2.33. The number of nitrogens with zero attached hydrogens (tertiary/aromatic N) is 2. The maximum Gasteiger partial charge on any atom is 0.272 e. The van der Waals surface area contributed by atoms with Gasteiger partial charge >= 0.3 is 0 Å². The standard InChI is InChI=1S/C13H15Cl2N3O3/c1-16-13(19)8-2-4-17(5-3-8)12-10(14)6-9(18(20)21)7-11(12)15/h6-8H,2-5H2,1H3,(H,16,19). The van der Waals surface area contributed by atoms with Crippen molar-refractivity contribution in [2.45, 2.75) is 12.8 Å². The first-order valence-corrected chi connectivity index (χ1v) is 7.29. The molecule has 0 aromatic heterocycles. The number of hydrogen-bond donors (Lipinski definition) is 1. The molecule has 2 rings (SSSR count). The smallest absolute Gasteiger partial charge is 0.272 e. The van der Waals surface area contributed by atoms with Gasteiger partial charge < -0.3 is 10.2 Å². The first-order chi connectivity index (χ1) is 9.93. The number of anilines is 1. The average molecular weight is 332 g/mol. The zero-order valence-corrected chi connectivity index (χ0v) is 12.9. The second kappa shape index (κ2) is 6.49. The van der Waals surface area contributed by atoms with Crippen molar-refractivity contribution in [2.75, 3.05) is 25.0 Å². The van der Waals surface area contributed by atoms with E-state index in [1.54, 1.807) is 7.05 Å². The number of benzene rings is 1. The Morgan fingerprint density at radius 1 is 1.33 bits per heavy atom. The third-order valence-corrected chi connectivity index (χ3v) is 4.22. The van der Waals surface area contributed by atoms with Crippen LogP contribution >= 0.6 is 23.2 Å². The van der Waals surface area contributed by atoms with Crippen molar-refractivity contribution in [2.24, 2.45) is 5.92 Å². The SMILES string of the molecule is CNC(=O)C1CCN(c2c(Cl)cc([N+](=O)[O-])cc2Cl)CC1. The van der Waals surface area contributed by atoms with Gasteiger partial charge in [0.1, 0.15) is 0 Å². The van der Waals surface area contributed by atoms with E-state index in [-0.39, 0.29) is 27.6 Å². The van der Waals surface area contributed by atoms with E-state index in [1.165, 1.54) is 12.1 Å². The van der Waals surface area contributed by atoms with Gasteiger partial charge in [-0.2, -0.15) is 0 Å². The molecule has 1 saturated heterocycles. The summed E-state index contributed by atoms with van der Waals surface area (Å²) in [5.41, 5.74) is 0.466. The number of nitro benzene ring substituents is 1. The summed E-state index contributed by atoms with van der Waals surface area (Å²) in [5, 5.41) is 13.9. The first kappa shape index (κ1) is 15.9. The van der Waals surface area contributed by atoms with Crippen molar-refractivity contribution in [1.82, 2.24) is 5.32 Å². The molecule has 1 aromatic rings. The molecule has 1 aliphatic rings. The Morgan fingerprint density at radius 2 is 1.86 bits per heavy atom. The fourth-order valence-electron chi connectivity index (χ4n) is 2.53. The molecule has 0 spiro atoms. The highest BCUT2D eigenvalue weighted by Crippen LogP contribution is 2.39. The molecular weight excluding hydrogens is 317 g/mol. The Labute approximate surface area is 132 Å². The average Bonchev–Trinajstić information content (AvgIpc) is 2.46. The number of carbonyl (C=O) groups excluding carboxylic acids is 1. The molecule has 1 heterocycles. The van der Waals surface area contributed by atoms with Gasteiger partial charge in [-0.15, -0.1) is 0 Å². The fourth-order valence-corrected chi connectivity index (χ4v) is 3.24. The van der Waals surface area contributed by atoms with Gasteiger partial charge in [0, 0.05) is 38.2 Å². The number of non-ortho nitro benzene ring substituents is 1. The lowest BCUT2D eigenvalue weighted by Crippen LogP contribution is -2.39. The van der Waals surface area contributed by atoms with Gasteiger partial charge in [-0.1, -0.05) is 23.2 Å². The van der Waals surface area contributed by atoms with E-state index in [0.717, 1.165) is 0 Å². The number of carbonyl (C=O) groups is 1. The summed E-state index contributed by atoms with van der Waals surface area (Å²) in [6.07, 6.45) is 1.40. The van der Waals surface area contributed by atoms with E-state index in [2.05, 4.69) is 5.32 Å². The van der Waals surface area contributed by atoms with Crippen LogP contribution in [0.25, 0.3) is 0 Å². The van der Waals surface area contributed by atoms with Crippen LogP contribution in [0.2, 0.25) is 10.0 Å². The van der Waals surface area contributed by atoms with Crippen LogP contribution in [0.3, 0.4) is 0 Å². The maximum absolute atomic E-state index is 11.6. The molecule has 1 aromatic carbocycles. The van der Waals surface area contributed by atoms with Crippen molar-refractivity contribution in [1.29, 1.82) is 0 Å². The summed E-state index contributed by atoms with van der Waals surface area (Å²) in [4.78, 5) is 23.8. The number of halogens is 2. The molecule has 0 radical (unpaired) electrons. The molecule has 0 atom stereocenters. The van der Waals surface area contributed by atoms with Crippen LogP contribution in [0, 0.1) is 16.0 Å². The highest BCUT2D eigenvalue weighted by Gasteiger charge is 2.27. The van der Waals surface area contributed by atoms with Crippen molar-refractivity contribution in [3.05, 3.63) is 32.3 Å². The molecule has 8 heteroatoms. The van der Waals surface area contributed by atoms with Crippen molar-refractivity contribution in [3.63, 3.8) is 0 Å². The molecule has 1 fully saturated rings. The quantitative estimate of drug-likeness (QED) is 0.682. The van der Waals surface area contributed by atoms with Gasteiger partial charge in [-0.3, -0.25) is 14.9 Å². The molecule has 1 amide bonds. The summed E-state index contributed by atoms with van der Waals surface area (Å²) in [6.45, 7) is 1.27. The van der Waals surface area contributed by atoms with Crippen LogP contribution in [0.5, 0.6) is 0 Å². The van der Waals surface area contributed by atoms with Crippen LogP contribution in [-0.2, 0) is 4.79 Å². The van der Waals surface area contributed by atoms with Gasteiger partial charge in [-0.05, 0) is 12.8 Å². The van der Waals surface area contributed by atoms with Crippen LogP contribution in [0.4, 0.5) is 11.4 Å². The maximum atomic E-state index is 11.6. The molecule has 1 N–H and O–H groups in total. The van der Waals surface area contributed by atoms with Gasteiger partial charge in [0.15, 0.2) is 0 Å². The summed E-state index contributed by atoms with van der Waals surface area (Å²) in [5.74, 6) is 0.0254. The van der Waals surface area contributed by atoms with E-state index in [4.69, 9.17) is 23.2 Å². The topological polar surface area (TPSA) is 75.5 Å². The summed E-state index contributed by atoms with van der Waals surface area (Å²) in [6, 6.07) is 2.60. The third-order valence-electron chi connectivity index (χ3n) is 3.64. The van der Waals surface area contributed by atoms with E-state index in [0.29, 0.717) is 31.6 Å². The number of nitrogens with one attached hydrogen (secondary N) is 1. The molecule has 0 unspecified atom stereocenters. The Kier molecular flexibility index (Phi) is 4.90. The van der Waals surface area contributed by atoms with Gasteiger partial charge in [0.2, 0.25) is 5.91 Å². The van der Waals surface area contributed by atoms with Gasteiger partial charge in [-0.25, -0.2) is 0 Å². The van der Waals surface area contributed by atoms with E-state index in [9.17, 15) is 14.9 Å². The number of nitro groups is 1. The predicted molar refractivity (Wildman–Crippen MR) is 82.1 cm³/mol. The molecule has 0 bridgehead atoms. The number of piperidine rings is 1. The van der Waals surface area contributed by atoms with Crippen LogP contribution in [0.15, 0.2) is 12.1 Å². The van der Waals surface area contributed by atoms with Crippen molar-refractivity contribution < 1.29 is 9.72 Å². The Morgan fingerprint density at radius 3 is 2.29 bits per heavy atom. The summed E-state index contributed by atoms with van der Waals surface area (Å²) >= 11 is 12.3. The monoisotopic (exact) mass is 331 g/mol. The minimum Gasteiger partial charge on any atom is -0.369 e.